The first-order valence-corrected chi connectivity index (χ1v) is 27.8. The first-order valence-electron chi connectivity index (χ1n) is 27.8. The Labute approximate surface area is 463 Å². The fraction of sp³-hybridized carbons (Fsp3) is 0.786. The zero-order chi connectivity index (χ0) is 58.6. The van der Waals surface area contributed by atoms with Crippen molar-refractivity contribution in [3.63, 3.8) is 0 Å². The van der Waals surface area contributed by atoms with E-state index in [4.69, 9.17) is 47.4 Å². The van der Waals surface area contributed by atoms with Crippen LogP contribution in [0.25, 0.3) is 11.0 Å². The number of aromatic nitrogens is 2. The van der Waals surface area contributed by atoms with Crippen LogP contribution in [-0.2, 0) is 63.5 Å². The fourth-order valence-electron chi connectivity index (χ4n) is 12.3. The van der Waals surface area contributed by atoms with Gasteiger partial charge in [-0.1, -0.05) is 27.7 Å². The zero-order valence-corrected chi connectivity index (χ0v) is 49.1. The van der Waals surface area contributed by atoms with E-state index >= 15 is 4.39 Å². The molecule has 0 bridgehead atoms. The molecule has 4 saturated heterocycles. The summed E-state index contributed by atoms with van der Waals surface area (Å²) in [5.74, 6) is -6.50. The summed E-state index contributed by atoms with van der Waals surface area (Å²) >= 11 is 0. The third kappa shape index (κ3) is 13.7. The molecular weight excluding hydrogens is 1030 g/mol. The monoisotopic (exact) mass is 1120 g/mol. The van der Waals surface area contributed by atoms with Crippen LogP contribution >= 0.6 is 0 Å². The Morgan fingerprint density at radius 2 is 1.59 bits per heavy atom. The SMILES string of the molecule is CC[C@@H]1OC(=O)[C@H](C)[C@H](O[C@@H]2C[C@](C)(OC)[C@H](OCCCN(C)CCNc3nc4c(cc3F)c(=O)c(C(=O)O)cn4CC)[C@H](C)O2)[C@@H](C)[C@H](O[C@H]2O[C@@H](C)C[C@@H](N(C)C)[C@H]2O)[C@](C)(OC)C[C@H](C)C(=O)C(C)[C@H]2OC(=O)O[C@@]12C. The summed E-state index contributed by atoms with van der Waals surface area (Å²) in [5, 5.41) is 24.2. The number of aromatic carboxylic acids is 1. The predicted octanol–water partition coefficient (Wildman–Crippen LogP) is 5.65. The molecule has 22 nitrogen and oxygen atoms in total. The molecular formula is C56H88FN5O17. The number of likely N-dealkylation sites (N-methyl/N-ethyl adjacent to an activating group) is 2. The standard InChI is InChI=1S/C56H88FN5O17/c1-17-39-56(11)46(78-53(69)79-56)31(5)41(63)29(3)26-54(9,70-15)45(77-52-43(65)38(60(12)13)24-30(4)73-52)32(6)44(33(7)51(68)75-39)76-40-27-55(10,71-16)47(34(8)74-40)72-23-19-21-61(14)22-20-58-48-37(57)25-35-42(64)36(50(66)67)28-62(18-2)49(35)59-48/h25,28-34,38-40,43-47,52,65H,17-24,26-27H2,1-16H3,(H,58,59)(H,66,67)/t29-,30-,31?,32+,33+,34-,38+,39-,40+,43+,44+,45-,46+,47+,52+,54+,55-,56-/m0/s1. The van der Waals surface area contributed by atoms with Crippen LogP contribution in [0.3, 0.4) is 0 Å². The van der Waals surface area contributed by atoms with Crippen molar-refractivity contribution in [3.05, 3.63) is 33.9 Å². The third-order valence-corrected chi connectivity index (χ3v) is 17.0. The van der Waals surface area contributed by atoms with E-state index in [1.807, 2.05) is 65.6 Å². The number of aliphatic hydroxyl groups excluding tert-OH is 1. The molecule has 79 heavy (non-hydrogen) atoms. The number of rotatable bonds is 19. The molecule has 2 aromatic rings. The van der Waals surface area contributed by atoms with Crippen LogP contribution in [0.4, 0.5) is 15.0 Å². The van der Waals surface area contributed by atoms with Gasteiger partial charge in [-0.05, 0) is 101 Å². The second-order valence-corrected chi connectivity index (χ2v) is 23.1. The molecule has 4 fully saturated rings. The number of fused-ring (bicyclic) bond motifs is 2. The van der Waals surface area contributed by atoms with E-state index in [1.165, 1.54) is 17.9 Å². The molecule has 0 saturated carbocycles. The van der Waals surface area contributed by atoms with E-state index in [0.717, 1.165) is 6.07 Å². The van der Waals surface area contributed by atoms with Gasteiger partial charge in [0.2, 0.25) is 5.43 Å². The Kier molecular flexibility index (Phi) is 21.2. The topological polar surface area (TPSA) is 254 Å². The van der Waals surface area contributed by atoms with E-state index < -0.39 is 131 Å². The molecule has 2 aromatic heterocycles. The molecule has 3 N–H and O–H groups in total. The number of nitrogens with zero attached hydrogens (tertiary/aromatic N) is 4. The van der Waals surface area contributed by atoms with Crippen molar-refractivity contribution in [2.45, 2.75) is 199 Å². The van der Waals surface area contributed by atoms with Gasteiger partial charge in [0.1, 0.15) is 35.3 Å². The van der Waals surface area contributed by atoms with Gasteiger partial charge in [0.25, 0.3) is 0 Å². The number of ether oxygens (including phenoxy) is 10. The van der Waals surface area contributed by atoms with Gasteiger partial charge in [0, 0.05) is 77.5 Å². The average molecular weight is 1120 g/mol. The molecule has 23 heteroatoms. The summed E-state index contributed by atoms with van der Waals surface area (Å²) in [4.78, 5) is 75.0. The lowest BCUT2D eigenvalue weighted by Crippen LogP contribution is -2.61. The molecule has 0 amide bonds. The second kappa shape index (κ2) is 26.2. The summed E-state index contributed by atoms with van der Waals surface area (Å²) < 4.78 is 80.8. The number of carbonyl (C=O) groups excluding carboxylic acids is 3. The number of anilines is 1. The zero-order valence-electron chi connectivity index (χ0n) is 49.1. The summed E-state index contributed by atoms with van der Waals surface area (Å²) in [5.41, 5.74) is -4.86. The molecule has 1 unspecified atom stereocenters. The highest BCUT2D eigenvalue weighted by atomic mass is 19.1. The van der Waals surface area contributed by atoms with Gasteiger partial charge in [-0.3, -0.25) is 14.4 Å². The van der Waals surface area contributed by atoms with Gasteiger partial charge in [-0.15, -0.1) is 0 Å². The molecule has 6 rings (SSSR count). The maximum atomic E-state index is 15.2. The van der Waals surface area contributed by atoms with Crippen molar-refractivity contribution >= 4 is 40.7 Å². The summed E-state index contributed by atoms with van der Waals surface area (Å²) in [6, 6.07) is 0.694. The van der Waals surface area contributed by atoms with Crippen LogP contribution < -0.4 is 10.7 Å². The van der Waals surface area contributed by atoms with Crippen molar-refractivity contribution in [3.8, 4) is 0 Å². The number of hydrogen-bond acceptors (Lipinski definition) is 20. The Bertz CT molecular complexity index is 2520. The third-order valence-electron chi connectivity index (χ3n) is 17.0. The normalized spacial score (nSPS) is 36.9. The largest absolute Gasteiger partial charge is 0.509 e. The lowest BCUT2D eigenvalue weighted by molar-refractivity contribution is -0.322. The number of cyclic esters (lactones) is 1. The number of ketones is 1. The number of carboxylic acids is 1. The number of aryl methyl sites for hydroxylation is 1. The first-order chi connectivity index (χ1) is 37.1. The van der Waals surface area contributed by atoms with E-state index in [2.05, 4.69) is 10.3 Å². The van der Waals surface area contributed by atoms with Gasteiger partial charge >= 0.3 is 18.1 Å². The molecule has 18 atom stereocenters. The average Bonchev–Trinajstić information content (AvgIpc) is 3.72. The predicted molar refractivity (Wildman–Crippen MR) is 287 cm³/mol. The molecule has 446 valence electrons. The van der Waals surface area contributed by atoms with Crippen LogP contribution in [-0.4, -0.2) is 199 Å². The van der Waals surface area contributed by atoms with Crippen LogP contribution in [0.15, 0.2) is 17.1 Å². The highest BCUT2D eigenvalue weighted by Gasteiger charge is 2.60. The number of nitrogens with one attached hydrogen (secondary N) is 1. The van der Waals surface area contributed by atoms with Gasteiger partial charge in [-0.2, -0.15) is 0 Å². The van der Waals surface area contributed by atoms with Crippen LogP contribution in [0.5, 0.6) is 0 Å². The van der Waals surface area contributed by atoms with E-state index in [0.29, 0.717) is 45.6 Å². The maximum absolute atomic E-state index is 15.2. The highest BCUT2D eigenvalue weighted by molar-refractivity contribution is 5.92. The number of methoxy groups -OCH3 is 2. The van der Waals surface area contributed by atoms with Crippen molar-refractivity contribution < 1.29 is 81.2 Å². The quantitative estimate of drug-likeness (QED) is 0.114. The lowest BCUT2D eigenvalue weighted by Gasteiger charge is -2.50. The molecule has 0 radical (unpaired) electrons. The molecule has 0 spiro atoms. The number of halogens is 1. The summed E-state index contributed by atoms with van der Waals surface area (Å²) in [6.07, 6.45) is -6.98. The fourth-order valence-corrected chi connectivity index (χ4v) is 12.3. The number of carbonyl (C=O) groups is 4. The minimum Gasteiger partial charge on any atom is -0.477 e. The molecule has 0 aliphatic carbocycles. The van der Waals surface area contributed by atoms with Gasteiger partial charge in [0.15, 0.2) is 35.9 Å². The van der Waals surface area contributed by atoms with Crippen LogP contribution in [0.1, 0.15) is 119 Å². The first kappa shape index (κ1) is 63.7. The van der Waals surface area contributed by atoms with Crippen molar-refractivity contribution in [2.75, 3.05) is 66.9 Å². The van der Waals surface area contributed by atoms with E-state index in [9.17, 15) is 34.2 Å². The minimum absolute atomic E-state index is 0.0568. The number of esters is 1. The number of Topliss-reactive ketones (excluding diaryl/α,β-unsaturated/α-hetero) is 1. The Morgan fingerprint density at radius 3 is 2.22 bits per heavy atom. The van der Waals surface area contributed by atoms with Gasteiger partial charge in [0.05, 0.1) is 52.8 Å². The second-order valence-electron chi connectivity index (χ2n) is 23.1. The number of carboxylic acid groups (broad SMARTS) is 1. The molecule has 6 heterocycles. The van der Waals surface area contributed by atoms with E-state index in [-0.39, 0.29) is 54.0 Å². The van der Waals surface area contributed by atoms with E-state index in [1.54, 1.807) is 48.7 Å². The summed E-state index contributed by atoms with van der Waals surface area (Å²) in [6.45, 7) is 21.8. The highest BCUT2D eigenvalue weighted by Crippen LogP contribution is 2.44. The lowest BCUT2D eigenvalue weighted by atomic mass is 9.74. The Balaban J connectivity index is 1.20. The van der Waals surface area contributed by atoms with Gasteiger partial charge in [-0.25, -0.2) is 19.0 Å². The Morgan fingerprint density at radius 1 is 0.924 bits per heavy atom. The van der Waals surface area contributed by atoms with Crippen LogP contribution in [0, 0.1) is 29.5 Å². The smallest absolute Gasteiger partial charge is 0.477 e. The summed E-state index contributed by atoms with van der Waals surface area (Å²) in [7, 11) is 8.78. The van der Waals surface area contributed by atoms with Crippen molar-refractivity contribution in [1.82, 2.24) is 19.4 Å². The maximum Gasteiger partial charge on any atom is 0.509 e. The van der Waals surface area contributed by atoms with Gasteiger partial charge < -0.3 is 77.3 Å². The molecule has 4 aliphatic heterocycles. The van der Waals surface area contributed by atoms with Crippen LogP contribution in [0.2, 0.25) is 0 Å². The number of hydrogen-bond donors (Lipinski definition) is 3. The van der Waals surface area contributed by atoms with Crippen molar-refractivity contribution in [2.24, 2.45) is 23.7 Å². The molecule has 4 aliphatic rings. The van der Waals surface area contributed by atoms with Crippen molar-refractivity contribution in [1.29, 1.82) is 0 Å². The minimum atomic E-state index is -1.52. The Hall–Kier alpha value is -4.43. The number of pyridine rings is 2. The number of aliphatic hydroxyl groups is 1. The molecule has 0 aromatic carbocycles.